The molecule has 0 radical (unpaired) electrons. The van der Waals surface area contributed by atoms with Crippen LogP contribution in [-0.2, 0) is 9.53 Å². The lowest BCUT2D eigenvalue weighted by molar-refractivity contribution is -0.125. The largest absolute Gasteiger partial charge is 0.497 e. The van der Waals surface area contributed by atoms with Gasteiger partial charge in [0.25, 0.3) is 5.91 Å². The van der Waals surface area contributed by atoms with Crippen LogP contribution >= 0.6 is 11.6 Å². The van der Waals surface area contributed by atoms with E-state index in [2.05, 4.69) is 10.3 Å². The molecule has 2 N–H and O–H groups in total. The van der Waals surface area contributed by atoms with Gasteiger partial charge < -0.3 is 19.8 Å². The Morgan fingerprint density at radius 1 is 1.07 bits per heavy atom. The first-order valence-electron chi connectivity index (χ1n) is 8.11. The highest BCUT2D eigenvalue weighted by atomic mass is 35.5. The number of H-pyrrole nitrogens is 1. The van der Waals surface area contributed by atoms with E-state index < -0.39 is 18.0 Å². The molecular formula is C20H17ClN2O4. The predicted octanol–water partition coefficient (Wildman–Crippen LogP) is 4.21. The number of rotatable bonds is 6. The van der Waals surface area contributed by atoms with Crippen LogP contribution in [0.5, 0.6) is 5.75 Å². The molecule has 0 spiro atoms. The fraction of sp³-hybridized carbons (Fsp3) is 0.100. The number of esters is 1. The molecule has 0 aliphatic carbocycles. The second kappa shape index (κ2) is 8.42. The van der Waals surface area contributed by atoms with Gasteiger partial charge in [-0.1, -0.05) is 41.9 Å². The molecule has 0 aliphatic heterocycles. The Morgan fingerprint density at radius 3 is 2.37 bits per heavy atom. The molecule has 1 atom stereocenters. The van der Waals surface area contributed by atoms with Crippen molar-refractivity contribution >= 4 is 29.2 Å². The number of carbonyl (C=O) groups is 2. The highest BCUT2D eigenvalue weighted by Gasteiger charge is 2.26. The van der Waals surface area contributed by atoms with Crippen molar-refractivity contribution in [2.75, 3.05) is 12.4 Å². The van der Waals surface area contributed by atoms with Crippen LogP contribution in [0.25, 0.3) is 0 Å². The average Bonchev–Trinajstić information content (AvgIpc) is 3.13. The maximum atomic E-state index is 12.8. The standard InChI is InChI=1S/C20H17ClN2O4/c1-26-16-9-7-15(8-10-16)23-19(24)18(13-5-3-2-4-6-13)27-20(25)17-11-14(21)12-22-17/h2-12,18,22H,1H3,(H,23,24)/t18-/m0/s1. The van der Waals surface area contributed by atoms with Crippen molar-refractivity contribution in [1.29, 1.82) is 0 Å². The molecule has 0 unspecified atom stereocenters. The summed E-state index contributed by atoms with van der Waals surface area (Å²) < 4.78 is 10.5. The third-order valence-corrected chi connectivity index (χ3v) is 4.01. The number of anilines is 1. The summed E-state index contributed by atoms with van der Waals surface area (Å²) in [5.41, 5.74) is 1.27. The molecule has 0 aliphatic rings. The van der Waals surface area contributed by atoms with Crippen LogP contribution in [0.1, 0.15) is 22.2 Å². The van der Waals surface area contributed by atoms with E-state index in [4.69, 9.17) is 21.1 Å². The molecule has 3 rings (SSSR count). The van der Waals surface area contributed by atoms with Gasteiger partial charge in [0.1, 0.15) is 11.4 Å². The molecule has 1 aromatic heterocycles. The van der Waals surface area contributed by atoms with E-state index >= 15 is 0 Å². The van der Waals surface area contributed by atoms with Gasteiger partial charge in [-0.05, 0) is 30.3 Å². The molecule has 0 saturated carbocycles. The first kappa shape index (κ1) is 18.5. The SMILES string of the molecule is COc1ccc(NC(=O)[C@@H](OC(=O)c2cc(Cl)c[nH]2)c2ccccc2)cc1. The van der Waals surface area contributed by atoms with Crippen molar-refractivity contribution in [2.45, 2.75) is 6.10 Å². The number of ether oxygens (including phenoxy) is 2. The average molecular weight is 385 g/mol. The molecular weight excluding hydrogens is 368 g/mol. The van der Waals surface area contributed by atoms with E-state index in [0.29, 0.717) is 22.0 Å². The predicted molar refractivity (Wildman–Crippen MR) is 102 cm³/mol. The van der Waals surface area contributed by atoms with Gasteiger partial charge in [0.05, 0.1) is 12.1 Å². The minimum Gasteiger partial charge on any atom is -0.497 e. The number of methoxy groups -OCH3 is 1. The van der Waals surface area contributed by atoms with E-state index in [1.165, 1.54) is 12.3 Å². The van der Waals surface area contributed by atoms with Crippen molar-refractivity contribution in [1.82, 2.24) is 4.98 Å². The van der Waals surface area contributed by atoms with Gasteiger partial charge in [0, 0.05) is 17.4 Å². The van der Waals surface area contributed by atoms with Gasteiger partial charge >= 0.3 is 5.97 Å². The van der Waals surface area contributed by atoms with Crippen molar-refractivity contribution in [3.05, 3.63) is 83.1 Å². The zero-order chi connectivity index (χ0) is 19.2. The van der Waals surface area contributed by atoms with Crippen LogP contribution in [0.4, 0.5) is 5.69 Å². The van der Waals surface area contributed by atoms with Crippen LogP contribution < -0.4 is 10.1 Å². The first-order valence-corrected chi connectivity index (χ1v) is 8.49. The molecule has 138 valence electrons. The number of benzene rings is 2. The third kappa shape index (κ3) is 4.68. The monoisotopic (exact) mass is 384 g/mol. The second-order valence-electron chi connectivity index (χ2n) is 5.65. The number of hydrogen-bond acceptors (Lipinski definition) is 4. The summed E-state index contributed by atoms with van der Waals surface area (Å²) in [4.78, 5) is 27.9. The number of nitrogens with one attached hydrogen (secondary N) is 2. The zero-order valence-corrected chi connectivity index (χ0v) is 15.2. The van der Waals surface area contributed by atoms with E-state index in [1.807, 2.05) is 6.07 Å². The van der Waals surface area contributed by atoms with Gasteiger partial charge in [-0.25, -0.2) is 4.79 Å². The molecule has 0 bridgehead atoms. The van der Waals surface area contributed by atoms with Gasteiger partial charge in [-0.3, -0.25) is 4.79 Å². The maximum Gasteiger partial charge on any atom is 0.355 e. The van der Waals surface area contributed by atoms with Crippen molar-refractivity contribution < 1.29 is 19.1 Å². The number of aromatic amines is 1. The number of aromatic nitrogens is 1. The Balaban J connectivity index is 1.80. The zero-order valence-electron chi connectivity index (χ0n) is 14.4. The van der Waals surface area contributed by atoms with E-state index in [1.54, 1.807) is 55.6 Å². The molecule has 6 nitrogen and oxygen atoms in total. The van der Waals surface area contributed by atoms with E-state index in [-0.39, 0.29) is 5.69 Å². The molecule has 3 aromatic rings. The molecule has 7 heteroatoms. The Labute approximate surface area is 161 Å². The Kier molecular flexibility index (Phi) is 5.78. The van der Waals surface area contributed by atoms with Crippen molar-refractivity contribution in [3.8, 4) is 5.75 Å². The summed E-state index contributed by atoms with van der Waals surface area (Å²) in [6.45, 7) is 0. The summed E-state index contributed by atoms with van der Waals surface area (Å²) >= 11 is 5.82. The maximum absolute atomic E-state index is 12.8. The molecule has 27 heavy (non-hydrogen) atoms. The molecule has 2 aromatic carbocycles. The summed E-state index contributed by atoms with van der Waals surface area (Å²) in [6.07, 6.45) is 0.343. The van der Waals surface area contributed by atoms with Crippen LogP contribution in [0.15, 0.2) is 66.9 Å². The Morgan fingerprint density at radius 2 is 1.78 bits per heavy atom. The van der Waals surface area contributed by atoms with Crippen molar-refractivity contribution in [3.63, 3.8) is 0 Å². The fourth-order valence-corrected chi connectivity index (χ4v) is 2.60. The van der Waals surface area contributed by atoms with Crippen molar-refractivity contribution in [2.24, 2.45) is 0 Å². The number of hydrogen-bond donors (Lipinski definition) is 2. The Hall–Kier alpha value is -3.25. The van der Waals surface area contributed by atoms with Gasteiger partial charge in [-0.15, -0.1) is 0 Å². The highest BCUT2D eigenvalue weighted by Crippen LogP contribution is 2.23. The lowest BCUT2D eigenvalue weighted by Crippen LogP contribution is -2.26. The lowest BCUT2D eigenvalue weighted by atomic mass is 10.1. The second-order valence-corrected chi connectivity index (χ2v) is 6.08. The van der Waals surface area contributed by atoms with Crippen LogP contribution in [0, 0.1) is 0 Å². The fourth-order valence-electron chi connectivity index (χ4n) is 2.44. The van der Waals surface area contributed by atoms with Gasteiger partial charge in [-0.2, -0.15) is 0 Å². The molecule has 0 saturated heterocycles. The van der Waals surface area contributed by atoms with Gasteiger partial charge in [0.15, 0.2) is 0 Å². The minimum atomic E-state index is -1.12. The van der Waals surface area contributed by atoms with Crippen LogP contribution in [0.2, 0.25) is 5.02 Å². The number of carbonyl (C=O) groups excluding carboxylic acids is 2. The number of halogens is 1. The molecule has 0 fully saturated rings. The Bertz CT molecular complexity index is 923. The third-order valence-electron chi connectivity index (χ3n) is 3.79. The molecule has 1 amide bonds. The summed E-state index contributed by atoms with van der Waals surface area (Å²) in [6, 6.07) is 17.1. The van der Waals surface area contributed by atoms with Crippen LogP contribution in [-0.4, -0.2) is 24.0 Å². The summed E-state index contributed by atoms with van der Waals surface area (Å²) in [7, 11) is 1.56. The summed E-state index contributed by atoms with van der Waals surface area (Å²) in [5.74, 6) is -0.485. The first-order chi connectivity index (χ1) is 13.1. The molecule has 1 heterocycles. The van der Waals surface area contributed by atoms with E-state index in [9.17, 15) is 9.59 Å². The van der Waals surface area contributed by atoms with E-state index in [0.717, 1.165) is 0 Å². The highest BCUT2D eigenvalue weighted by molar-refractivity contribution is 6.30. The topological polar surface area (TPSA) is 80.4 Å². The van der Waals surface area contributed by atoms with Crippen LogP contribution in [0.3, 0.4) is 0 Å². The minimum absolute atomic E-state index is 0.165. The quantitative estimate of drug-likeness (QED) is 0.624. The smallest absolute Gasteiger partial charge is 0.355 e. The van der Waals surface area contributed by atoms with Gasteiger partial charge in [0.2, 0.25) is 6.10 Å². The lowest BCUT2D eigenvalue weighted by Gasteiger charge is -2.18. The summed E-state index contributed by atoms with van der Waals surface area (Å²) in [5, 5.41) is 3.12. The number of amides is 1. The normalized spacial score (nSPS) is 11.5.